The Morgan fingerprint density at radius 1 is 1.41 bits per heavy atom. The maximum atomic E-state index is 11.2. The first-order valence-corrected chi connectivity index (χ1v) is 5.29. The predicted molar refractivity (Wildman–Crippen MR) is 69.3 cm³/mol. The maximum Gasteiger partial charge on any atom is 0.319 e. The number of amides is 2. The van der Waals surface area contributed by atoms with Crippen LogP contribution in [-0.4, -0.2) is 18.3 Å². The van der Waals surface area contributed by atoms with Crippen molar-refractivity contribution in [2.24, 2.45) is 5.73 Å². The van der Waals surface area contributed by atoms with Gasteiger partial charge in [-0.3, -0.25) is 0 Å². The van der Waals surface area contributed by atoms with Gasteiger partial charge in [0.15, 0.2) is 0 Å². The highest BCUT2D eigenvalue weighted by Crippen LogP contribution is 2.10. The summed E-state index contributed by atoms with van der Waals surface area (Å²) >= 11 is 0. The maximum absolute atomic E-state index is 11.2. The Morgan fingerprint density at radius 3 is 2.59 bits per heavy atom. The Labute approximate surface area is 100 Å². The SMILES string of the molecule is CCNC(=O)Nc1ccc(C(=N)/C=C\N)cc1. The fourth-order valence-electron chi connectivity index (χ4n) is 1.26. The van der Waals surface area contributed by atoms with E-state index < -0.39 is 0 Å². The lowest BCUT2D eigenvalue weighted by Gasteiger charge is -2.06. The Morgan fingerprint density at radius 2 is 2.06 bits per heavy atom. The van der Waals surface area contributed by atoms with Gasteiger partial charge in [0.05, 0.1) is 5.71 Å². The topological polar surface area (TPSA) is 91.0 Å². The smallest absolute Gasteiger partial charge is 0.319 e. The Bertz CT molecular complexity index is 423. The summed E-state index contributed by atoms with van der Waals surface area (Å²) in [6, 6.07) is 6.75. The van der Waals surface area contributed by atoms with E-state index in [0.29, 0.717) is 17.9 Å². The molecule has 0 saturated heterocycles. The lowest BCUT2D eigenvalue weighted by atomic mass is 10.1. The highest BCUT2D eigenvalue weighted by molar-refractivity contribution is 6.06. The number of hydrogen-bond acceptors (Lipinski definition) is 3. The van der Waals surface area contributed by atoms with E-state index >= 15 is 0 Å². The second-order valence-corrected chi connectivity index (χ2v) is 3.33. The van der Waals surface area contributed by atoms with Crippen LogP contribution in [0.3, 0.4) is 0 Å². The van der Waals surface area contributed by atoms with Gasteiger partial charge in [-0.2, -0.15) is 0 Å². The van der Waals surface area contributed by atoms with Crippen molar-refractivity contribution >= 4 is 17.4 Å². The van der Waals surface area contributed by atoms with Crippen LogP contribution in [0.2, 0.25) is 0 Å². The lowest BCUT2D eigenvalue weighted by Crippen LogP contribution is -2.28. The van der Waals surface area contributed by atoms with Gasteiger partial charge in [-0.05, 0) is 36.9 Å². The highest BCUT2D eigenvalue weighted by atomic mass is 16.2. The number of rotatable bonds is 4. The third-order valence-corrected chi connectivity index (χ3v) is 2.05. The Hall–Kier alpha value is -2.30. The number of nitrogens with two attached hydrogens (primary N) is 1. The van der Waals surface area contributed by atoms with Gasteiger partial charge in [0, 0.05) is 12.2 Å². The number of carbonyl (C=O) groups excluding carboxylic acids is 1. The molecule has 0 unspecified atom stereocenters. The average molecular weight is 232 g/mol. The number of anilines is 1. The summed E-state index contributed by atoms with van der Waals surface area (Å²) in [5, 5.41) is 13.0. The Kier molecular flexibility index (Phi) is 4.75. The van der Waals surface area contributed by atoms with Crippen LogP contribution in [-0.2, 0) is 0 Å². The molecule has 0 aliphatic heterocycles. The normalized spacial score (nSPS) is 10.2. The molecule has 90 valence electrons. The summed E-state index contributed by atoms with van der Waals surface area (Å²) < 4.78 is 0. The van der Waals surface area contributed by atoms with Crippen LogP contribution in [0.4, 0.5) is 10.5 Å². The van der Waals surface area contributed by atoms with Crippen LogP contribution >= 0.6 is 0 Å². The molecule has 0 aliphatic rings. The van der Waals surface area contributed by atoms with Crippen molar-refractivity contribution in [3.63, 3.8) is 0 Å². The molecule has 0 aliphatic carbocycles. The molecule has 0 fully saturated rings. The average Bonchev–Trinajstić information content (AvgIpc) is 2.30. The van der Waals surface area contributed by atoms with Crippen LogP contribution in [0.15, 0.2) is 36.5 Å². The highest BCUT2D eigenvalue weighted by Gasteiger charge is 2.01. The molecule has 2 amide bonds. The molecule has 5 heteroatoms. The summed E-state index contributed by atoms with van der Waals surface area (Å²) in [4.78, 5) is 11.2. The number of benzene rings is 1. The van der Waals surface area contributed by atoms with E-state index in [1.54, 1.807) is 24.3 Å². The molecule has 0 spiro atoms. The van der Waals surface area contributed by atoms with Crippen LogP contribution in [0.25, 0.3) is 0 Å². The zero-order chi connectivity index (χ0) is 12.7. The minimum absolute atomic E-state index is 0.239. The minimum Gasteiger partial charge on any atom is -0.405 e. The molecule has 0 bridgehead atoms. The van der Waals surface area contributed by atoms with E-state index in [0.717, 1.165) is 5.56 Å². The van der Waals surface area contributed by atoms with Gasteiger partial charge in [-0.25, -0.2) is 4.79 Å². The molecule has 1 aromatic rings. The minimum atomic E-state index is -0.239. The summed E-state index contributed by atoms with van der Waals surface area (Å²) in [6.07, 6.45) is 2.83. The number of carbonyl (C=O) groups is 1. The van der Waals surface area contributed by atoms with E-state index in [9.17, 15) is 4.79 Å². The van der Waals surface area contributed by atoms with Gasteiger partial charge in [0.2, 0.25) is 0 Å². The zero-order valence-electron chi connectivity index (χ0n) is 9.66. The summed E-state index contributed by atoms with van der Waals surface area (Å²) in [5.41, 5.74) is 6.97. The Balaban J connectivity index is 2.68. The van der Waals surface area contributed by atoms with Crippen LogP contribution in [0, 0.1) is 5.41 Å². The second kappa shape index (κ2) is 6.32. The van der Waals surface area contributed by atoms with Crippen molar-refractivity contribution in [3.05, 3.63) is 42.1 Å². The quantitative estimate of drug-likeness (QED) is 0.595. The summed E-state index contributed by atoms with van der Waals surface area (Å²) in [6.45, 7) is 2.43. The van der Waals surface area contributed by atoms with Crippen molar-refractivity contribution in [1.29, 1.82) is 5.41 Å². The van der Waals surface area contributed by atoms with E-state index in [1.165, 1.54) is 12.3 Å². The number of hydrogen-bond donors (Lipinski definition) is 4. The van der Waals surface area contributed by atoms with Crippen molar-refractivity contribution in [2.45, 2.75) is 6.92 Å². The van der Waals surface area contributed by atoms with Crippen molar-refractivity contribution < 1.29 is 4.79 Å². The molecule has 5 nitrogen and oxygen atoms in total. The van der Waals surface area contributed by atoms with Gasteiger partial charge in [0.25, 0.3) is 0 Å². The molecule has 0 aromatic heterocycles. The standard InChI is InChI=1S/C12H16N4O/c1-2-15-12(17)16-10-5-3-9(4-6-10)11(14)7-8-13/h3-8,14H,2,13H2,1H3,(H2,15,16,17)/b8-7-,14-11?. The summed E-state index contributed by atoms with van der Waals surface area (Å²) in [5.74, 6) is 0. The van der Waals surface area contributed by atoms with Crippen LogP contribution in [0.5, 0.6) is 0 Å². The number of allylic oxidation sites excluding steroid dienone is 1. The van der Waals surface area contributed by atoms with Crippen molar-refractivity contribution in [1.82, 2.24) is 5.32 Å². The van der Waals surface area contributed by atoms with Gasteiger partial charge >= 0.3 is 6.03 Å². The number of urea groups is 1. The van der Waals surface area contributed by atoms with Gasteiger partial charge in [0.1, 0.15) is 0 Å². The monoisotopic (exact) mass is 232 g/mol. The van der Waals surface area contributed by atoms with Crippen molar-refractivity contribution in [3.8, 4) is 0 Å². The van der Waals surface area contributed by atoms with Gasteiger partial charge in [-0.15, -0.1) is 0 Å². The van der Waals surface area contributed by atoms with Gasteiger partial charge < -0.3 is 21.8 Å². The van der Waals surface area contributed by atoms with E-state index in [-0.39, 0.29) is 6.03 Å². The van der Waals surface area contributed by atoms with Gasteiger partial charge in [-0.1, -0.05) is 12.1 Å². The number of nitrogens with one attached hydrogen (secondary N) is 3. The lowest BCUT2D eigenvalue weighted by molar-refractivity contribution is 0.252. The van der Waals surface area contributed by atoms with E-state index in [1.807, 2.05) is 6.92 Å². The molecule has 0 atom stereocenters. The van der Waals surface area contributed by atoms with Crippen molar-refractivity contribution in [2.75, 3.05) is 11.9 Å². The molecule has 17 heavy (non-hydrogen) atoms. The molecule has 5 N–H and O–H groups in total. The first-order chi connectivity index (χ1) is 8.17. The molecule has 1 aromatic carbocycles. The molecule has 1 rings (SSSR count). The molecule has 0 saturated carbocycles. The third-order valence-electron chi connectivity index (χ3n) is 2.05. The zero-order valence-corrected chi connectivity index (χ0v) is 9.66. The predicted octanol–water partition coefficient (Wildman–Crippen LogP) is 1.67. The summed E-state index contributed by atoms with van der Waals surface area (Å²) in [7, 11) is 0. The second-order valence-electron chi connectivity index (χ2n) is 3.33. The van der Waals surface area contributed by atoms with Crippen LogP contribution < -0.4 is 16.4 Å². The largest absolute Gasteiger partial charge is 0.405 e. The fraction of sp³-hybridized carbons (Fsp3) is 0.167. The van der Waals surface area contributed by atoms with Crippen LogP contribution in [0.1, 0.15) is 12.5 Å². The first kappa shape index (κ1) is 12.8. The fourth-order valence-corrected chi connectivity index (χ4v) is 1.26. The van der Waals surface area contributed by atoms with E-state index in [4.69, 9.17) is 11.1 Å². The molecular weight excluding hydrogens is 216 g/mol. The molecule has 0 heterocycles. The molecular formula is C12H16N4O. The third kappa shape index (κ3) is 3.98. The molecule has 0 radical (unpaired) electrons. The van der Waals surface area contributed by atoms with E-state index in [2.05, 4.69) is 10.6 Å². The first-order valence-electron chi connectivity index (χ1n) is 5.29.